The van der Waals surface area contributed by atoms with Crippen molar-refractivity contribution >= 4 is 6.08 Å². The number of benzene rings is 2. The summed E-state index contributed by atoms with van der Waals surface area (Å²) in [6.07, 6.45) is 6.10. The van der Waals surface area contributed by atoms with Gasteiger partial charge in [-0.05, 0) is 79.6 Å². The summed E-state index contributed by atoms with van der Waals surface area (Å²) in [5.74, 6) is 0.876. The minimum absolute atomic E-state index is 0.519. The summed E-state index contributed by atoms with van der Waals surface area (Å²) in [5.41, 5.74) is 7.11. The standard InChI is InChI=1S/C22H26O2/c1-15-13-18(24-12-11-22(3,4)23)14-16(2)21(15)20-10-6-8-17-7-5-9-19(17)20/h5-6,8-10,13-14,23H,7,11-12H2,1-4H3. The highest BCUT2D eigenvalue weighted by atomic mass is 16.5. The Morgan fingerprint density at radius 3 is 2.50 bits per heavy atom. The summed E-state index contributed by atoms with van der Waals surface area (Å²) in [4.78, 5) is 0. The van der Waals surface area contributed by atoms with Gasteiger partial charge in [0.2, 0.25) is 0 Å². The summed E-state index contributed by atoms with van der Waals surface area (Å²) < 4.78 is 5.85. The second-order valence-electron chi connectivity index (χ2n) is 7.33. The monoisotopic (exact) mass is 322 g/mol. The lowest BCUT2D eigenvalue weighted by Gasteiger charge is -2.19. The van der Waals surface area contributed by atoms with Crippen molar-refractivity contribution in [2.24, 2.45) is 0 Å². The molecule has 0 saturated carbocycles. The van der Waals surface area contributed by atoms with E-state index in [0.717, 1.165) is 12.2 Å². The molecule has 1 aliphatic carbocycles. The lowest BCUT2D eigenvalue weighted by molar-refractivity contribution is 0.0553. The molecule has 0 saturated heterocycles. The van der Waals surface area contributed by atoms with Crippen molar-refractivity contribution in [1.29, 1.82) is 0 Å². The van der Waals surface area contributed by atoms with Crippen LogP contribution in [-0.4, -0.2) is 17.3 Å². The molecule has 0 radical (unpaired) electrons. The van der Waals surface area contributed by atoms with Crippen molar-refractivity contribution < 1.29 is 9.84 Å². The molecule has 0 bridgehead atoms. The number of rotatable bonds is 5. The minimum Gasteiger partial charge on any atom is -0.493 e. The van der Waals surface area contributed by atoms with Gasteiger partial charge in [-0.25, -0.2) is 0 Å². The van der Waals surface area contributed by atoms with Gasteiger partial charge in [-0.3, -0.25) is 0 Å². The fraction of sp³-hybridized carbons (Fsp3) is 0.364. The van der Waals surface area contributed by atoms with Crippen molar-refractivity contribution in [3.05, 3.63) is 58.7 Å². The van der Waals surface area contributed by atoms with Crippen LogP contribution in [0, 0.1) is 13.8 Å². The van der Waals surface area contributed by atoms with Crippen molar-refractivity contribution in [3.63, 3.8) is 0 Å². The number of aliphatic hydroxyl groups is 1. The van der Waals surface area contributed by atoms with Gasteiger partial charge in [-0.15, -0.1) is 0 Å². The van der Waals surface area contributed by atoms with Crippen molar-refractivity contribution in [2.45, 2.75) is 46.1 Å². The van der Waals surface area contributed by atoms with Gasteiger partial charge in [0.1, 0.15) is 5.75 Å². The third kappa shape index (κ3) is 3.54. The van der Waals surface area contributed by atoms with E-state index in [0.29, 0.717) is 13.0 Å². The number of hydrogen-bond acceptors (Lipinski definition) is 2. The maximum atomic E-state index is 9.80. The third-order valence-corrected chi connectivity index (χ3v) is 4.58. The Hall–Kier alpha value is -2.06. The average Bonchev–Trinajstić information content (AvgIpc) is 2.94. The zero-order chi connectivity index (χ0) is 17.3. The molecule has 1 aliphatic rings. The van der Waals surface area contributed by atoms with Crippen LogP contribution in [0.4, 0.5) is 0 Å². The number of hydrogen-bond donors (Lipinski definition) is 1. The van der Waals surface area contributed by atoms with Gasteiger partial charge in [-0.2, -0.15) is 0 Å². The fourth-order valence-electron chi connectivity index (χ4n) is 3.36. The Balaban J connectivity index is 1.89. The van der Waals surface area contributed by atoms with E-state index in [4.69, 9.17) is 4.74 Å². The Kier molecular flexibility index (Phi) is 4.51. The summed E-state index contributed by atoms with van der Waals surface area (Å²) in [6, 6.07) is 10.8. The van der Waals surface area contributed by atoms with Crippen molar-refractivity contribution in [1.82, 2.24) is 0 Å². The first-order valence-corrected chi connectivity index (χ1v) is 8.60. The summed E-state index contributed by atoms with van der Waals surface area (Å²) in [5, 5.41) is 9.80. The smallest absolute Gasteiger partial charge is 0.119 e. The van der Waals surface area contributed by atoms with E-state index in [9.17, 15) is 5.11 Å². The van der Waals surface area contributed by atoms with E-state index in [1.165, 1.54) is 33.4 Å². The van der Waals surface area contributed by atoms with Gasteiger partial charge in [0.15, 0.2) is 0 Å². The van der Waals surface area contributed by atoms with E-state index in [1.54, 1.807) is 13.8 Å². The molecule has 0 aliphatic heterocycles. The van der Waals surface area contributed by atoms with E-state index in [-0.39, 0.29) is 0 Å². The molecule has 0 aromatic heterocycles. The zero-order valence-corrected chi connectivity index (χ0v) is 15.0. The molecule has 2 aromatic carbocycles. The first kappa shape index (κ1) is 16.8. The van der Waals surface area contributed by atoms with Gasteiger partial charge >= 0.3 is 0 Å². The highest BCUT2D eigenvalue weighted by molar-refractivity contribution is 5.83. The Morgan fingerprint density at radius 1 is 1.12 bits per heavy atom. The van der Waals surface area contributed by atoms with Gasteiger partial charge in [0, 0.05) is 6.42 Å². The molecule has 0 unspecified atom stereocenters. The van der Waals surface area contributed by atoms with Crippen molar-refractivity contribution in [3.8, 4) is 16.9 Å². The molecular weight excluding hydrogens is 296 g/mol. The maximum absolute atomic E-state index is 9.80. The second kappa shape index (κ2) is 6.45. The van der Waals surface area contributed by atoms with Gasteiger partial charge < -0.3 is 9.84 Å². The molecule has 0 atom stereocenters. The summed E-state index contributed by atoms with van der Waals surface area (Å²) >= 11 is 0. The molecular formula is C22H26O2. The lowest BCUT2D eigenvalue weighted by Crippen LogP contribution is -2.21. The second-order valence-corrected chi connectivity index (χ2v) is 7.33. The summed E-state index contributed by atoms with van der Waals surface area (Å²) in [6.45, 7) is 8.41. The number of ether oxygens (including phenoxy) is 1. The van der Waals surface area contributed by atoms with Crippen LogP contribution in [0.2, 0.25) is 0 Å². The van der Waals surface area contributed by atoms with Crippen molar-refractivity contribution in [2.75, 3.05) is 6.61 Å². The zero-order valence-electron chi connectivity index (χ0n) is 15.0. The quantitative estimate of drug-likeness (QED) is 0.832. The molecule has 2 nitrogen and oxygen atoms in total. The predicted molar refractivity (Wildman–Crippen MR) is 100 cm³/mol. The summed E-state index contributed by atoms with van der Waals surface area (Å²) in [7, 11) is 0. The molecule has 0 heterocycles. The molecule has 2 aromatic rings. The SMILES string of the molecule is Cc1cc(OCCC(C)(C)O)cc(C)c1-c1cccc2c1C=CC2. The Morgan fingerprint density at radius 2 is 1.83 bits per heavy atom. The van der Waals surface area contributed by atoms with Crippen LogP contribution in [0.5, 0.6) is 5.75 Å². The molecule has 24 heavy (non-hydrogen) atoms. The topological polar surface area (TPSA) is 29.5 Å². The molecule has 0 amide bonds. The van der Waals surface area contributed by atoms with Gasteiger partial charge in [0.05, 0.1) is 12.2 Å². The lowest BCUT2D eigenvalue weighted by atomic mass is 9.91. The van der Waals surface area contributed by atoms with Gasteiger partial charge in [0.25, 0.3) is 0 Å². The van der Waals surface area contributed by atoms with Crippen LogP contribution in [0.25, 0.3) is 17.2 Å². The van der Waals surface area contributed by atoms with E-state index < -0.39 is 5.60 Å². The normalized spacial score (nSPS) is 13.2. The first-order chi connectivity index (χ1) is 11.3. The van der Waals surface area contributed by atoms with Gasteiger partial charge in [-0.1, -0.05) is 30.4 Å². The van der Waals surface area contributed by atoms with E-state index in [2.05, 4.69) is 56.3 Å². The van der Waals surface area contributed by atoms with Crippen LogP contribution < -0.4 is 4.74 Å². The highest BCUT2D eigenvalue weighted by Crippen LogP contribution is 2.36. The van der Waals surface area contributed by atoms with E-state index in [1.807, 2.05) is 0 Å². The Labute approximate surface area is 144 Å². The molecule has 2 heteroatoms. The molecule has 3 rings (SSSR count). The Bertz CT molecular complexity index is 756. The fourth-order valence-corrected chi connectivity index (χ4v) is 3.36. The minimum atomic E-state index is -0.693. The van der Waals surface area contributed by atoms with Crippen LogP contribution in [-0.2, 0) is 6.42 Å². The number of allylic oxidation sites excluding steroid dienone is 1. The van der Waals surface area contributed by atoms with Crippen LogP contribution in [0.3, 0.4) is 0 Å². The predicted octanol–water partition coefficient (Wildman–Crippen LogP) is 5.08. The number of aryl methyl sites for hydroxylation is 2. The van der Waals surface area contributed by atoms with Crippen LogP contribution in [0.1, 0.15) is 42.5 Å². The molecule has 1 N–H and O–H groups in total. The third-order valence-electron chi connectivity index (χ3n) is 4.58. The number of fused-ring (bicyclic) bond motifs is 1. The maximum Gasteiger partial charge on any atom is 0.119 e. The van der Waals surface area contributed by atoms with Crippen LogP contribution in [0.15, 0.2) is 36.4 Å². The average molecular weight is 322 g/mol. The van der Waals surface area contributed by atoms with Crippen LogP contribution >= 0.6 is 0 Å². The highest BCUT2D eigenvalue weighted by Gasteiger charge is 2.16. The van der Waals surface area contributed by atoms with E-state index >= 15 is 0 Å². The first-order valence-electron chi connectivity index (χ1n) is 8.60. The largest absolute Gasteiger partial charge is 0.493 e. The molecule has 126 valence electrons. The molecule has 0 spiro atoms. The molecule has 0 fully saturated rings.